The lowest BCUT2D eigenvalue weighted by atomic mass is 10.1. The SMILES string of the molecule is O=C1c2ccccc2C(=O)N1Cc1noc(CS(=O)(=O)c2ccccc2)n1. The maximum atomic E-state index is 12.4. The highest BCUT2D eigenvalue weighted by atomic mass is 32.2. The van der Waals surface area contributed by atoms with Gasteiger partial charge in [-0.05, 0) is 24.3 Å². The van der Waals surface area contributed by atoms with Crippen LogP contribution in [0.1, 0.15) is 32.4 Å². The maximum absolute atomic E-state index is 12.4. The standard InChI is InChI=1S/C18H13N3O5S/c22-17-13-8-4-5-9-14(13)18(23)21(17)10-15-19-16(26-20-15)11-27(24,25)12-6-2-1-3-7-12/h1-9H,10-11H2. The van der Waals surface area contributed by atoms with Gasteiger partial charge >= 0.3 is 0 Å². The number of fused-ring (bicyclic) bond motifs is 1. The summed E-state index contributed by atoms with van der Waals surface area (Å²) in [6.07, 6.45) is 0. The van der Waals surface area contributed by atoms with E-state index in [0.717, 1.165) is 4.90 Å². The minimum Gasteiger partial charge on any atom is -0.338 e. The predicted molar refractivity (Wildman–Crippen MR) is 92.3 cm³/mol. The van der Waals surface area contributed by atoms with Gasteiger partial charge < -0.3 is 4.52 Å². The van der Waals surface area contributed by atoms with E-state index < -0.39 is 27.4 Å². The molecule has 2 aromatic carbocycles. The summed E-state index contributed by atoms with van der Waals surface area (Å²) in [7, 11) is -3.64. The minimum atomic E-state index is -3.64. The molecule has 1 aliphatic rings. The van der Waals surface area contributed by atoms with E-state index in [2.05, 4.69) is 10.1 Å². The Hall–Kier alpha value is -3.33. The first-order valence-electron chi connectivity index (χ1n) is 8.00. The predicted octanol–water partition coefficient (Wildman–Crippen LogP) is 1.84. The molecule has 0 bridgehead atoms. The molecule has 0 radical (unpaired) electrons. The van der Waals surface area contributed by atoms with Crippen LogP contribution in [0.15, 0.2) is 64.0 Å². The lowest BCUT2D eigenvalue weighted by Crippen LogP contribution is -2.29. The van der Waals surface area contributed by atoms with Crippen LogP contribution >= 0.6 is 0 Å². The van der Waals surface area contributed by atoms with Crippen molar-refractivity contribution in [1.82, 2.24) is 15.0 Å². The second kappa shape index (κ2) is 6.44. The molecule has 0 saturated carbocycles. The molecule has 0 saturated heterocycles. The van der Waals surface area contributed by atoms with Gasteiger partial charge in [0, 0.05) is 0 Å². The quantitative estimate of drug-likeness (QED) is 0.618. The van der Waals surface area contributed by atoms with Crippen LogP contribution in [-0.2, 0) is 22.1 Å². The van der Waals surface area contributed by atoms with Crippen molar-refractivity contribution in [3.8, 4) is 0 Å². The molecule has 0 N–H and O–H groups in total. The number of rotatable bonds is 5. The van der Waals surface area contributed by atoms with Crippen molar-refractivity contribution < 1.29 is 22.5 Å². The van der Waals surface area contributed by atoms with Crippen LogP contribution in [0.3, 0.4) is 0 Å². The monoisotopic (exact) mass is 383 g/mol. The van der Waals surface area contributed by atoms with Crippen LogP contribution in [0.4, 0.5) is 0 Å². The number of carbonyl (C=O) groups is 2. The van der Waals surface area contributed by atoms with Crippen molar-refractivity contribution in [3.63, 3.8) is 0 Å². The lowest BCUT2D eigenvalue weighted by molar-refractivity contribution is 0.0637. The lowest BCUT2D eigenvalue weighted by Gasteiger charge is -2.10. The molecule has 0 unspecified atom stereocenters. The molecule has 0 aliphatic carbocycles. The van der Waals surface area contributed by atoms with Crippen LogP contribution in [0.2, 0.25) is 0 Å². The van der Waals surface area contributed by atoms with Crippen molar-refractivity contribution in [2.24, 2.45) is 0 Å². The summed E-state index contributed by atoms with van der Waals surface area (Å²) in [5.41, 5.74) is 0.635. The summed E-state index contributed by atoms with van der Waals surface area (Å²) in [5, 5.41) is 3.69. The summed E-state index contributed by atoms with van der Waals surface area (Å²) >= 11 is 0. The van der Waals surface area contributed by atoms with E-state index in [1.54, 1.807) is 42.5 Å². The van der Waals surface area contributed by atoms with Gasteiger partial charge in [0.1, 0.15) is 5.75 Å². The smallest absolute Gasteiger partial charge is 0.261 e. The van der Waals surface area contributed by atoms with Crippen LogP contribution in [0.25, 0.3) is 0 Å². The molecule has 1 aromatic heterocycles. The molecule has 27 heavy (non-hydrogen) atoms. The molecule has 2 amide bonds. The highest BCUT2D eigenvalue weighted by molar-refractivity contribution is 7.90. The number of amides is 2. The third kappa shape index (κ3) is 3.13. The summed E-state index contributed by atoms with van der Waals surface area (Å²) in [6.45, 7) is -0.193. The minimum absolute atomic E-state index is 0.0581. The Morgan fingerprint density at radius 3 is 2.11 bits per heavy atom. The number of benzene rings is 2. The zero-order chi connectivity index (χ0) is 19.0. The van der Waals surface area contributed by atoms with Crippen molar-refractivity contribution in [3.05, 3.63) is 77.4 Å². The second-order valence-corrected chi connectivity index (χ2v) is 7.91. The number of carbonyl (C=O) groups excluding carboxylic acids is 2. The molecular formula is C18H13N3O5S. The number of hydrogen-bond donors (Lipinski definition) is 0. The molecule has 4 rings (SSSR count). The number of hydrogen-bond acceptors (Lipinski definition) is 7. The molecule has 2 heterocycles. The normalized spacial score (nSPS) is 13.9. The maximum Gasteiger partial charge on any atom is 0.261 e. The van der Waals surface area contributed by atoms with Crippen LogP contribution in [0.5, 0.6) is 0 Å². The highest BCUT2D eigenvalue weighted by Gasteiger charge is 2.36. The molecule has 3 aromatic rings. The Balaban J connectivity index is 1.51. The zero-order valence-corrected chi connectivity index (χ0v) is 14.7. The van der Waals surface area contributed by atoms with E-state index in [0.29, 0.717) is 11.1 Å². The van der Waals surface area contributed by atoms with Crippen LogP contribution < -0.4 is 0 Å². The first-order chi connectivity index (χ1) is 13.0. The van der Waals surface area contributed by atoms with Gasteiger partial charge in [-0.15, -0.1) is 0 Å². The van der Waals surface area contributed by atoms with Crippen LogP contribution in [0, 0.1) is 0 Å². The Bertz CT molecular complexity index is 1100. The number of aromatic nitrogens is 2. The molecule has 0 spiro atoms. The van der Waals surface area contributed by atoms with Gasteiger partial charge in [0.15, 0.2) is 15.7 Å². The fourth-order valence-corrected chi connectivity index (χ4v) is 3.99. The Labute approximate surface area is 154 Å². The molecule has 0 atom stereocenters. The summed E-state index contributed by atoms with van der Waals surface area (Å²) in [4.78, 5) is 29.9. The molecule has 0 fully saturated rings. The van der Waals surface area contributed by atoms with E-state index in [4.69, 9.17) is 4.52 Å². The Kier molecular flexibility index (Phi) is 4.08. The first kappa shape index (κ1) is 17.1. The second-order valence-electron chi connectivity index (χ2n) is 5.92. The zero-order valence-electron chi connectivity index (χ0n) is 13.9. The molecule has 136 valence electrons. The number of sulfone groups is 1. The van der Waals surface area contributed by atoms with Crippen molar-refractivity contribution in [1.29, 1.82) is 0 Å². The average molecular weight is 383 g/mol. The van der Waals surface area contributed by atoms with E-state index in [1.165, 1.54) is 12.1 Å². The van der Waals surface area contributed by atoms with Crippen LogP contribution in [-0.4, -0.2) is 35.3 Å². The van der Waals surface area contributed by atoms with E-state index in [9.17, 15) is 18.0 Å². The summed E-state index contributed by atoms with van der Waals surface area (Å²) < 4.78 is 29.7. The van der Waals surface area contributed by atoms with E-state index >= 15 is 0 Å². The largest absolute Gasteiger partial charge is 0.338 e. The van der Waals surface area contributed by atoms with Gasteiger partial charge in [-0.3, -0.25) is 14.5 Å². The molecular weight excluding hydrogens is 370 g/mol. The van der Waals surface area contributed by atoms with Gasteiger partial charge in [-0.2, -0.15) is 4.98 Å². The van der Waals surface area contributed by atoms with E-state index in [-0.39, 0.29) is 23.2 Å². The highest BCUT2D eigenvalue weighted by Crippen LogP contribution is 2.24. The third-order valence-electron chi connectivity index (χ3n) is 4.10. The Morgan fingerprint density at radius 2 is 1.48 bits per heavy atom. The van der Waals surface area contributed by atoms with Crippen molar-refractivity contribution >= 4 is 21.7 Å². The topological polar surface area (TPSA) is 110 Å². The van der Waals surface area contributed by atoms with Crippen molar-refractivity contribution in [2.45, 2.75) is 17.2 Å². The molecule has 1 aliphatic heterocycles. The number of imide groups is 1. The third-order valence-corrected chi connectivity index (χ3v) is 5.72. The average Bonchev–Trinajstić information content (AvgIpc) is 3.21. The summed E-state index contributed by atoms with van der Waals surface area (Å²) in [6, 6.07) is 14.4. The molecule has 8 nitrogen and oxygen atoms in total. The van der Waals surface area contributed by atoms with Gasteiger partial charge in [0.25, 0.3) is 11.8 Å². The fraction of sp³-hybridized carbons (Fsp3) is 0.111. The van der Waals surface area contributed by atoms with Gasteiger partial charge in [0.05, 0.1) is 22.6 Å². The van der Waals surface area contributed by atoms with Gasteiger partial charge in [-0.1, -0.05) is 35.5 Å². The van der Waals surface area contributed by atoms with Gasteiger partial charge in [-0.25, -0.2) is 8.42 Å². The first-order valence-corrected chi connectivity index (χ1v) is 9.65. The summed E-state index contributed by atoms with van der Waals surface area (Å²) in [5.74, 6) is -1.41. The fourth-order valence-electron chi connectivity index (χ4n) is 2.81. The molecule has 9 heteroatoms. The van der Waals surface area contributed by atoms with E-state index in [1.807, 2.05) is 0 Å². The van der Waals surface area contributed by atoms with Gasteiger partial charge in [0.2, 0.25) is 5.89 Å². The van der Waals surface area contributed by atoms with Crippen molar-refractivity contribution in [2.75, 3.05) is 0 Å². The Morgan fingerprint density at radius 1 is 0.889 bits per heavy atom. The number of nitrogens with zero attached hydrogens (tertiary/aromatic N) is 3.